The van der Waals surface area contributed by atoms with Crippen LogP contribution in [-0.2, 0) is 16.6 Å². The first-order chi connectivity index (χ1) is 12.8. The van der Waals surface area contributed by atoms with Crippen molar-refractivity contribution in [2.45, 2.75) is 10.8 Å². The van der Waals surface area contributed by atoms with Gasteiger partial charge in [-0.1, -0.05) is 23.7 Å². The summed E-state index contributed by atoms with van der Waals surface area (Å²) in [6, 6.07) is 16.7. The maximum absolute atomic E-state index is 12.3. The van der Waals surface area contributed by atoms with Crippen molar-refractivity contribution in [2.24, 2.45) is 0 Å². The average Bonchev–Trinajstić information content (AvgIpc) is 3.07. The Bertz CT molecular complexity index is 1070. The molecule has 0 aliphatic rings. The second-order valence-electron chi connectivity index (χ2n) is 5.55. The number of hydrogen-bond donors (Lipinski definition) is 2. The van der Waals surface area contributed by atoms with Crippen LogP contribution >= 0.6 is 38.9 Å². The molecule has 9 heteroatoms. The maximum Gasteiger partial charge on any atom is 0.271 e. The van der Waals surface area contributed by atoms with E-state index in [-0.39, 0.29) is 10.1 Å². The second-order valence-corrected chi connectivity index (χ2v) is 10.4. The van der Waals surface area contributed by atoms with E-state index in [9.17, 15) is 13.2 Å². The van der Waals surface area contributed by atoms with E-state index < -0.39 is 10.0 Å². The maximum atomic E-state index is 12.3. The minimum atomic E-state index is -3.65. The summed E-state index contributed by atoms with van der Waals surface area (Å²) in [6.45, 7) is 0.348. The molecule has 5 nitrogen and oxygen atoms in total. The van der Waals surface area contributed by atoms with E-state index in [1.54, 1.807) is 42.5 Å². The summed E-state index contributed by atoms with van der Waals surface area (Å²) in [5.41, 5.74) is 1.70. The van der Waals surface area contributed by atoms with E-state index in [0.717, 1.165) is 20.7 Å². The summed E-state index contributed by atoms with van der Waals surface area (Å²) in [7, 11) is -3.65. The van der Waals surface area contributed by atoms with Gasteiger partial charge in [-0.3, -0.25) is 9.52 Å². The number of anilines is 1. The third kappa shape index (κ3) is 5.32. The molecular formula is C18H14BrClN2O3S2. The Balaban J connectivity index is 1.63. The zero-order valence-corrected chi connectivity index (χ0v) is 17.8. The van der Waals surface area contributed by atoms with Crippen molar-refractivity contribution in [3.8, 4) is 0 Å². The van der Waals surface area contributed by atoms with Crippen LogP contribution in [0.25, 0.3) is 0 Å². The van der Waals surface area contributed by atoms with Gasteiger partial charge in [-0.2, -0.15) is 0 Å². The van der Waals surface area contributed by atoms with Gasteiger partial charge in [0.15, 0.2) is 0 Å². The molecule has 0 spiro atoms. The quantitative estimate of drug-likeness (QED) is 0.522. The molecule has 0 atom stereocenters. The minimum Gasteiger partial charge on any atom is -0.348 e. The van der Waals surface area contributed by atoms with E-state index in [1.807, 2.05) is 12.1 Å². The fraction of sp³-hybridized carbons (Fsp3) is 0.0556. The number of thiophene rings is 1. The molecule has 1 amide bonds. The first kappa shape index (κ1) is 19.9. The highest BCUT2D eigenvalue weighted by molar-refractivity contribution is 9.11. The molecule has 140 valence electrons. The Kier molecular flexibility index (Phi) is 6.21. The number of benzene rings is 2. The molecule has 3 rings (SSSR count). The van der Waals surface area contributed by atoms with Crippen molar-refractivity contribution in [3.05, 3.63) is 80.6 Å². The number of halogens is 2. The SMILES string of the molecule is O=C(NCc1cccc(Cl)c1)c1ccc(NS(=O)(=O)c2ccc(Br)s2)cc1. The van der Waals surface area contributed by atoms with Crippen molar-refractivity contribution >= 4 is 60.5 Å². The third-order valence-corrected chi connectivity index (χ3v) is 7.29. The van der Waals surface area contributed by atoms with Crippen LogP contribution in [0.5, 0.6) is 0 Å². The fourth-order valence-corrected chi connectivity index (χ4v) is 5.55. The van der Waals surface area contributed by atoms with Gasteiger partial charge in [0.2, 0.25) is 0 Å². The summed E-state index contributed by atoms with van der Waals surface area (Å²) in [6.07, 6.45) is 0. The molecular weight excluding hydrogens is 472 g/mol. The van der Waals surface area contributed by atoms with Crippen molar-refractivity contribution in [1.82, 2.24) is 5.32 Å². The largest absolute Gasteiger partial charge is 0.348 e. The van der Waals surface area contributed by atoms with Gasteiger partial charge >= 0.3 is 0 Å². The molecule has 0 saturated heterocycles. The Morgan fingerprint density at radius 3 is 2.44 bits per heavy atom. The summed E-state index contributed by atoms with van der Waals surface area (Å²) in [4.78, 5) is 12.2. The zero-order valence-electron chi connectivity index (χ0n) is 13.8. The van der Waals surface area contributed by atoms with Gasteiger partial charge in [-0.05, 0) is 70.0 Å². The van der Waals surface area contributed by atoms with E-state index in [1.165, 1.54) is 6.07 Å². The molecule has 2 N–H and O–H groups in total. The number of rotatable bonds is 6. The van der Waals surface area contributed by atoms with Crippen LogP contribution in [0.2, 0.25) is 5.02 Å². The molecule has 0 radical (unpaired) electrons. The number of carbonyl (C=O) groups is 1. The van der Waals surface area contributed by atoms with Gasteiger partial charge in [0.05, 0.1) is 3.79 Å². The van der Waals surface area contributed by atoms with E-state index in [2.05, 4.69) is 26.0 Å². The first-order valence-electron chi connectivity index (χ1n) is 7.74. The fourth-order valence-electron chi connectivity index (χ4n) is 2.27. The Morgan fingerprint density at radius 2 is 1.81 bits per heavy atom. The topological polar surface area (TPSA) is 75.3 Å². The van der Waals surface area contributed by atoms with Crippen LogP contribution < -0.4 is 10.0 Å². The summed E-state index contributed by atoms with van der Waals surface area (Å²) >= 11 is 10.3. The molecule has 1 aromatic heterocycles. The van der Waals surface area contributed by atoms with Crippen LogP contribution in [0.1, 0.15) is 15.9 Å². The molecule has 0 aliphatic heterocycles. The van der Waals surface area contributed by atoms with Crippen LogP contribution in [0.4, 0.5) is 5.69 Å². The number of amides is 1. The van der Waals surface area contributed by atoms with Crippen LogP contribution in [0.3, 0.4) is 0 Å². The van der Waals surface area contributed by atoms with Gasteiger partial charge < -0.3 is 5.32 Å². The second kappa shape index (κ2) is 8.43. The number of hydrogen-bond acceptors (Lipinski definition) is 4. The van der Waals surface area contributed by atoms with Gasteiger partial charge in [0, 0.05) is 22.8 Å². The van der Waals surface area contributed by atoms with Crippen molar-refractivity contribution in [1.29, 1.82) is 0 Å². The standard InChI is InChI=1S/C18H14BrClN2O3S2/c19-16-8-9-17(26-16)27(24,25)22-15-6-4-13(5-7-15)18(23)21-11-12-2-1-3-14(20)10-12/h1-10,22H,11H2,(H,21,23). The van der Waals surface area contributed by atoms with Gasteiger partial charge in [-0.25, -0.2) is 8.42 Å². The summed E-state index contributed by atoms with van der Waals surface area (Å²) in [5, 5.41) is 3.41. The highest BCUT2D eigenvalue weighted by Crippen LogP contribution is 2.27. The highest BCUT2D eigenvalue weighted by atomic mass is 79.9. The molecule has 1 heterocycles. The summed E-state index contributed by atoms with van der Waals surface area (Å²) < 4.78 is 28.0. The average molecular weight is 486 g/mol. The molecule has 0 aliphatic carbocycles. The number of nitrogens with one attached hydrogen (secondary N) is 2. The lowest BCUT2D eigenvalue weighted by atomic mass is 10.2. The molecule has 0 fully saturated rings. The Labute approximate surface area is 174 Å². The first-order valence-corrected chi connectivity index (χ1v) is 11.2. The summed E-state index contributed by atoms with van der Waals surface area (Å²) in [5.74, 6) is -0.258. The Hall–Kier alpha value is -1.87. The predicted octanol–water partition coefficient (Wildman–Crippen LogP) is 4.89. The smallest absolute Gasteiger partial charge is 0.271 e. The number of sulfonamides is 1. The molecule has 2 aromatic carbocycles. The van der Waals surface area contributed by atoms with Gasteiger partial charge in [-0.15, -0.1) is 11.3 Å². The number of carbonyl (C=O) groups excluding carboxylic acids is 1. The van der Waals surface area contributed by atoms with E-state index in [0.29, 0.717) is 22.8 Å². The minimum absolute atomic E-state index is 0.206. The lowest BCUT2D eigenvalue weighted by Gasteiger charge is -2.08. The molecule has 0 bridgehead atoms. The molecule has 3 aromatic rings. The third-order valence-electron chi connectivity index (χ3n) is 3.55. The lowest BCUT2D eigenvalue weighted by Crippen LogP contribution is -2.22. The zero-order chi connectivity index (χ0) is 19.4. The van der Waals surface area contributed by atoms with E-state index in [4.69, 9.17) is 11.6 Å². The van der Waals surface area contributed by atoms with Gasteiger partial charge in [0.1, 0.15) is 4.21 Å². The molecule has 27 heavy (non-hydrogen) atoms. The lowest BCUT2D eigenvalue weighted by molar-refractivity contribution is 0.0951. The highest BCUT2D eigenvalue weighted by Gasteiger charge is 2.16. The monoisotopic (exact) mass is 484 g/mol. The Morgan fingerprint density at radius 1 is 1.07 bits per heavy atom. The van der Waals surface area contributed by atoms with E-state index >= 15 is 0 Å². The van der Waals surface area contributed by atoms with Gasteiger partial charge in [0.25, 0.3) is 15.9 Å². The van der Waals surface area contributed by atoms with Crippen molar-refractivity contribution in [2.75, 3.05) is 4.72 Å². The molecule has 0 unspecified atom stereocenters. The van der Waals surface area contributed by atoms with Crippen molar-refractivity contribution in [3.63, 3.8) is 0 Å². The van der Waals surface area contributed by atoms with Crippen LogP contribution in [0.15, 0.2) is 68.7 Å². The van der Waals surface area contributed by atoms with Crippen LogP contribution in [0, 0.1) is 0 Å². The van der Waals surface area contributed by atoms with Crippen LogP contribution in [-0.4, -0.2) is 14.3 Å². The predicted molar refractivity (Wildman–Crippen MR) is 112 cm³/mol. The van der Waals surface area contributed by atoms with Crippen molar-refractivity contribution < 1.29 is 13.2 Å². The molecule has 0 saturated carbocycles. The normalized spacial score (nSPS) is 11.2.